The van der Waals surface area contributed by atoms with Crippen molar-refractivity contribution in [2.24, 2.45) is 5.92 Å². The third-order valence-electron chi connectivity index (χ3n) is 4.36. The fourth-order valence-corrected chi connectivity index (χ4v) is 3.00. The average molecular weight is 320 g/mol. The van der Waals surface area contributed by atoms with Gasteiger partial charge in [0.25, 0.3) is 0 Å². The van der Waals surface area contributed by atoms with Crippen molar-refractivity contribution in [1.29, 1.82) is 0 Å². The predicted octanol–water partition coefficient (Wildman–Crippen LogP) is 3.75. The first-order valence-corrected chi connectivity index (χ1v) is 7.96. The second-order valence-electron chi connectivity index (χ2n) is 6.20. The zero-order valence-electron chi connectivity index (χ0n) is 12.9. The molecule has 0 amide bonds. The van der Waals surface area contributed by atoms with Gasteiger partial charge in [-0.15, -0.1) is 12.4 Å². The van der Waals surface area contributed by atoms with Crippen molar-refractivity contribution >= 4 is 29.1 Å². The van der Waals surface area contributed by atoms with E-state index in [1.165, 1.54) is 25.7 Å². The summed E-state index contributed by atoms with van der Waals surface area (Å²) < 4.78 is 6.01. The van der Waals surface area contributed by atoms with Crippen LogP contribution >= 0.6 is 12.4 Å². The van der Waals surface area contributed by atoms with Crippen molar-refractivity contribution in [3.05, 3.63) is 24.0 Å². The molecule has 1 aromatic heterocycles. The zero-order chi connectivity index (χ0) is 14.2. The Morgan fingerprint density at radius 1 is 1.18 bits per heavy atom. The van der Waals surface area contributed by atoms with E-state index in [9.17, 15) is 0 Å². The fraction of sp³-hybridized carbons (Fsp3) is 0.529. The van der Waals surface area contributed by atoms with Gasteiger partial charge in [0.05, 0.1) is 6.61 Å². The van der Waals surface area contributed by atoms with Crippen molar-refractivity contribution in [3.63, 3.8) is 0 Å². The molecule has 1 aromatic carbocycles. The molecule has 0 N–H and O–H groups in total. The van der Waals surface area contributed by atoms with E-state index >= 15 is 0 Å². The number of anilines is 1. The first-order valence-electron chi connectivity index (χ1n) is 7.96. The summed E-state index contributed by atoms with van der Waals surface area (Å²) in [5, 5.41) is 1.12. The normalized spacial score (nSPS) is 17.6. The molecule has 2 aliphatic rings. The number of benzene rings is 1. The molecule has 0 radical (unpaired) electrons. The van der Waals surface area contributed by atoms with E-state index in [4.69, 9.17) is 9.72 Å². The maximum absolute atomic E-state index is 6.01. The Kier molecular flexibility index (Phi) is 4.39. The predicted molar refractivity (Wildman–Crippen MR) is 91.2 cm³/mol. The number of aromatic nitrogens is 2. The number of ether oxygens (including phenoxy) is 1. The van der Waals surface area contributed by atoms with Gasteiger partial charge in [-0.25, -0.2) is 9.97 Å². The minimum absolute atomic E-state index is 0. The van der Waals surface area contributed by atoms with Gasteiger partial charge in [0.2, 0.25) is 0 Å². The lowest BCUT2D eigenvalue weighted by atomic mass is 10.2. The van der Waals surface area contributed by atoms with E-state index in [1.54, 1.807) is 0 Å². The lowest BCUT2D eigenvalue weighted by molar-refractivity contribution is 0.302. The summed E-state index contributed by atoms with van der Waals surface area (Å²) in [7, 11) is 0. The Labute approximate surface area is 137 Å². The summed E-state index contributed by atoms with van der Waals surface area (Å²) in [6.07, 6.45) is 5.11. The summed E-state index contributed by atoms with van der Waals surface area (Å²) in [5.41, 5.74) is 0.965. The van der Waals surface area contributed by atoms with Gasteiger partial charge in [0.1, 0.15) is 22.9 Å². The summed E-state index contributed by atoms with van der Waals surface area (Å²) in [5.74, 6) is 3.56. The number of rotatable bonds is 4. The second kappa shape index (κ2) is 6.29. The smallest absolute Gasteiger partial charge is 0.145 e. The second-order valence-corrected chi connectivity index (χ2v) is 6.20. The highest BCUT2D eigenvalue weighted by Gasteiger charge is 2.23. The van der Waals surface area contributed by atoms with Gasteiger partial charge >= 0.3 is 0 Å². The van der Waals surface area contributed by atoms with Crippen LogP contribution in [0.2, 0.25) is 0 Å². The lowest BCUT2D eigenvalue weighted by Crippen LogP contribution is -2.20. The minimum atomic E-state index is 0. The van der Waals surface area contributed by atoms with E-state index < -0.39 is 0 Å². The number of hydrogen-bond donors (Lipinski definition) is 0. The number of halogens is 1. The van der Waals surface area contributed by atoms with E-state index in [2.05, 4.69) is 22.0 Å². The van der Waals surface area contributed by atoms with Crippen molar-refractivity contribution in [2.75, 3.05) is 24.6 Å². The van der Waals surface area contributed by atoms with Crippen LogP contribution in [0.5, 0.6) is 5.75 Å². The fourth-order valence-electron chi connectivity index (χ4n) is 3.00. The van der Waals surface area contributed by atoms with E-state index in [-0.39, 0.29) is 12.4 Å². The van der Waals surface area contributed by atoms with Crippen molar-refractivity contribution in [3.8, 4) is 5.75 Å². The maximum atomic E-state index is 6.01. The highest BCUT2D eigenvalue weighted by molar-refractivity contribution is 5.93. The van der Waals surface area contributed by atoms with Crippen molar-refractivity contribution in [1.82, 2.24) is 9.97 Å². The Bertz CT molecular complexity index is 666. The van der Waals surface area contributed by atoms with Crippen LogP contribution in [-0.2, 0) is 0 Å². The molecule has 4 nitrogen and oxygen atoms in total. The van der Waals surface area contributed by atoms with Crippen LogP contribution in [0.1, 0.15) is 31.5 Å². The van der Waals surface area contributed by atoms with E-state index in [1.807, 2.05) is 13.0 Å². The van der Waals surface area contributed by atoms with Crippen LogP contribution in [0.25, 0.3) is 10.9 Å². The molecule has 1 saturated carbocycles. The van der Waals surface area contributed by atoms with Crippen LogP contribution in [0, 0.1) is 12.8 Å². The molecule has 0 unspecified atom stereocenters. The standard InChI is InChI=1S/C17H21N3O.ClH/c1-12-18-16-14(17(19-12)20-9-2-3-10-20)5-4-6-15(16)21-11-13-7-8-13;/h4-6,13H,2-3,7-11H2,1H3;1H. The highest BCUT2D eigenvalue weighted by atomic mass is 35.5. The van der Waals surface area contributed by atoms with Gasteiger partial charge in [-0.3, -0.25) is 0 Å². The first kappa shape index (κ1) is 15.3. The molecule has 0 bridgehead atoms. The van der Waals surface area contributed by atoms with Crippen LogP contribution in [0.15, 0.2) is 18.2 Å². The molecule has 5 heteroatoms. The summed E-state index contributed by atoms with van der Waals surface area (Å²) in [6, 6.07) is 6.21. The molecule has 22 heavy (non-hydrogen) atoms. The number of aryl methyl sites for hydroxylation is 1. The summed E-state index contributed by atoms with van der Waals surface area (Å²) >= 11 is 0. The molecular formula is C17H22ClN3O. The SMILES string of the molecule is Cc1nc(N2CCCC2)c2cccc(OCC3CC3)c2n1.Cl. The molecule has 1 aliphatic heterocycles. The number of para-hydroxylation sites is 1. The Morgan fingerprint density at radius 2 is 1.95 bits per heavy atom. The Morgan fingerprint density at radius 3 is 2.68 bits per heavy atom. The van der Waals surface area contributed by atoms with Gasteiger partial charge in [-0.05, 0) is 50.7 Å². The monoisotopic (exact) mass is 319 g/mol. The number of fused-ring (bicyclic) bond motifs is 1. The van der Waals surface area contributed by atoms with Gasteiger partial charge in [0, 0.05) is 18.5 Å². The quantitative estimate of drug-likeness (QED) is 0.860. The largest absolute Gasteiger partial charge is 0.491 e. The third-order valence-corrected chi connectivity index (χ3v) is 4.36. The molecule has 1 aliphatic carbocycles. The third kappa shape index (κ3) is 2.98. The molecule has 2 fully saturated rings. The van der Waals surface area contributed by atoms with E-state index in [0.29, 0.717) is 0 Å². The van der Waals surface area contributed by atoms with Crippen LogP contribution in [0.3, 0.4) is 0 Å². The molecule has 4 rings (SSSR count). The molecular weight excluding hydrogens is 298 g/mol. The minimum Gasteiger partial charge on any atom is -0.491 e. The van der Waals surface area contributed by atoms with Crippen molar-refractivity contribution in [2.45, 2.75) is 32.6 Å². The zero-order valence-corrected chi connectivity index (χ0v) is 13.7. The van der Waals surface area contributed by atoms with Gasteiger partial charge in [-0.2, -0.15) is 0 Å². The first-order chi connectivity index (χ1) is 10.3. The molecule has 2 aromatic rings. The van der Waals surface area contributed by atoms with Gasteiger partial charge < -0.3 is 9.64 Å². The van der Waals surface area contributed by atoms with Crippen LogP contribution in [0.4, 0.5) is 5.82 Å². The highest BCUT2D eigenvalue weighted by Crippen LogP contribution is 2.34. The molecule has 1 saturated heterocycles. The summed E-state index contributed by atoms with van der Waals surface area (Å²) in [4.78, 5) is 11.7. The van der Waals surface area contributed by atoms with E-state index in [0.717, 1.165) is 53.9 Å². The topological polar surface area (TPSA) is 38.2 Å². The van der Waals surface area contributed by atoms with Crippen LogP contribution in [-0.4, -0.2) is 29.7 Å². The Hall–Kier alpha value is -1.55. The Balaban J connectivity index is 0.00000144. The summed E-state index contributed by atoms with van der Waals surface area (Å²) in [6.45, 7) is 4.98. The number of nitrogens with zero attached hydrogens (tertiary/aromatic N) is 3. The maximum Gasteiger partial charge on any atom is 0.145 e. The molecule has 2 heterocycles. The molecule has 118 valence electrons. The van der Waals surface area contributed by atoms with Gasteiger partial charge in [-0.1, -0.05) is 6.07 Å². The number of hydrogen-bond acceptors (Lipinski definition) is 4. The lowest BCUT2D eigenvalue weighted by Gasteiger charge is -2.19. The average Bonchev–Trinajstić information content (AvgIpc) is 3.16. The molecule has 0 spiro atoms. The van der Waals surface area contributed by atoms with Crippen LogP contribution < -0.4 is 9.64 Å². The molecule has 0 atom stereocenters. The van der Waals surface area contributed by atoms with Gasteiger partial charge in [0.15, 0.2) is 0 Å². The van der Waals surface area contributed by atoms with Crippen molar-refractivity contribution < 1.29 is 4.74 Å².